The van der Waals surface area contributed by atoms with Gasteiger partial charge in [0, 0.05) is 25.4 Å². The lowest BCUT2D eigenvalue weighted by molar-refractivity contribution is 0.0950. The minimum atomic E-state index is -0.658. The second-order valence-corrected chi connectivity index (χ2v) is 6.32. The predicted molar refractivity (Wildman–Crippen MR) is 92.7 cm³/mol. The van der Waals surface area contributed by atoms with E-state index in [1.807, 2.05) is 0 Å². The van der Waals surface area contributed by atoms with E-state index in [0.29, 0.717) is 22.1 Å². The van der Waals surface area contributed by atoms with Gasteiger partial charge in [-0.3, -0.25) is 4.79 Å². The zero-order valence-electron chi connectivity index (χ0n) is 12.2. The molecule has 0 saturated heterocycles. The molecule has 0 bridgehead atoms. The van der Waals surface area contributed by atoms with E-state index in [0.717, 1.165) is 5.69 Å². The third-order valence-electron chi connectivity index (χ3n) is 3.38. The molecule has 24 heavy (non-hydrogen) atoms. The largest absolute Gasteiger partial charge is 0.352 e. The Labute approximate surface area is 152 Å². The Morgan fingerprint density at radius 1 is 1.21 bits per heavy atom. The summed E-state index contributed by atoms with van der Waals surface area (Å²) in [6.07, 6.45) is 3.92. The van der Waals surface area contributed by atoms with Crippen LogP contribution in [-0.2, 0) is 6.42 Å². The second-order valence-electron chi connectivity index (χ2n) is 5.07. The van der Waals surface area contributed by atoms with Crippen molar-refractivity contribution >= 4 is 46.4 Å². The van der Waals surface area contributed by atoms with Crippen LogP contribution >= 0.6 is 34.8 Å². The number of rotatable bonds is 4. The molecule has 1 amide bonds. The third kappa shape index (κ3) is 3.48. The molecule has 0 spiro atoms. The van der Waals surface area contributed by atoms with Crippen molar-refractivity contribution < 1.29 is 9.18 Å². The number of amides is 1. The molecule has 0 saturated carbocycles. The van der Waals surface area contributed by atoms with E-state index >= 15 is 0 Å². The molecule has 1 N–H and O–H groups in total. The van der Waals surface area contributed by atoms with Crippen LogP contribution in [0.2, 0.25) is 15.1 Å². The summed E-state index contributed by atoms with van der Waals surface area (Å²) in [4.78, 5) is 16.4. The summed E-state index contributed by atoms with van der Waals surface area (Å²) in [7, 11) is 0. The van der Waals surface area contributed by atoms with Gasteiger partial charge in [-0.05, 0) is 18.2 Å². The number of fused-ring (bicyclic) bond motifs is 1. The second kappa shape index (κ2) is 6.97. The molecular weight excluding hydrogens is 376 g/mol. The number of nitrogens with zero attached hydrogens (tertiary/aromatic N) is 2. The Kier molecular flexibility index (Phi) is 4.94. The molecule has 4 nitrogen and oxygen atoms in total. The number of hydrogen-bond acceptors (Lipinski definition) is 2. The smallest absolute Gasteiger partial charge is 0.255 e. The molecular formula is C16H11Cl3FN3O. The van der Waals surface area contributed by atoms with Gasteiger partial charge in [0.1, 0.15) is 5.82 Å². The van der Waals surface area contributed by atoms with Gasteiger partial charge in [0.2, 0.25) is 0 Å². The monoisotopic (exact) mass is 385 g/mol. The van der Waals surface area contributed by atoms with Crippen molar-refractivity contribution in [1.29, 1.82) is 0 Å². The quantitative estimate of drug-likeness (QED) is 0.722. The number of imidazole rings is 1. The van der Waals surface area contributed by atoms with Gasteiger partial charge in [-0.2, -0.15) is 0 Å². The number of halogens is 4. The van der Waals surface area contributed by atoms with Gasteiger partial charge in [0.15, 0.2) is 5.65 Å². The summed E-state index contributed by atoms with van der Waals surface area (Å²) in [5, 5.41) is 3.64. The van der Waals surface area contributed by atoms with Crippen molar-refractivity contribution in [2.45, 2.75) is 6.42 Å². The van der Waals surface area contributed by atoms with E-state index in [1.54, 1.807) is 22.9 Å². The fourth-order valence-corrected chi connectivity index (χ4v) is 3.08. The number of pyridine rings is 1. The molecule has 0 unspecified atom stereocenters. The minimum absolute atomic E-state index is 0.0710. The Hall–Kier alpha value is -1.82. The van der Waals surface area contributed by atoms with Gasteiger partial charge >= 0.3 is 0 Å². The average molecular weight is 387 g/mol. The number of hydrogen-bond donors (Lipinski definition) is 1. The molecule has 0 aliphatic rings. The number of benzene rings is 1. The van der Waals surface area contributed by atoms with Crippen molar-refractivity contribution in [3.8, 4) is 0 Å². The molecule has 3 aromatic rings. The first kappa shape index (κ1) is 17.0. The zero-order chi connectivity index (χ0) is 17.3. The highest BCUT2D eigenvalue weighted by Gasteiger charge is 2.15. The van der Waals surface area contributed by atoms with Crippen LogP contribution in [0.4, 0.5) is 4.39 Å². The van der Waals surface area contributed by atoms with Crippen LogP contribution in [0.1, 0.15) is 16.1 Å². The Morgan fingerprint density at radius 2 is 2.00 bits per heavy atom. The molecule has 0 atom stereocenters. The molecule has 1 aromatic carbocycles. The highest BCUT2D eigenvalue weighted by atomic mass is 35.5. The number of carbonyl (C=O) groups is 1. The van der Waals surface area contributed by atoms with E-state index in [1.165, 1.54) is 18.2 Å². The molecule has 0 fully saturated rings. The van der Waals surface area contributed by atoms with E-state index in [2.05, 4.69) is 10.3 Å². The summed E-state index contributed by atoms with van der Waals surface area (Å²) < 4.78 is 15.4. The fourth-order valence-electron chi connectivity index (χ4n) is 2.30. The fraction of sp³-hybridized carbons (Fsp3) is 0.125. The van der Waals surface area contributed by atoms with Crippen LogP contribution < -0.4 is 5.32 Å². The van der Waals surface area contributed by atoms with Crippen LogP contribution in [0.25, 0.3) is 5.65 Å². The summed E-state index contributed by atoms with van der Waals surface area (Å²) in [6, 6.07) is 5.71. The predicted octanol–water partition coefficient (Wildman–Crippen LogP) is 4.41. The van der Waals surface area contributed by atoms with Gasteiger partial charge in [0.25, 0.3) is 5.91 Å². The molecule has 2 aromatic heterocycles. The van der Waals surface area contributed by atoms with Crippen LogP contribution in [0, 0.1) is 5.82 Å². The summed E-state index contributed by atoms with van der Waals surface area (Å²) in [5.74, 6) is -1.22. The van der Waals surface area contributed by atoms with Crippen molar-refractivity contribution in [3.63, 3.8) is 0 Å². The number of aromatic nitrogens is 2. The summed E-state index contributed by atoms with van der Waals surface area (Å²) in [6.45, 7) is 0.277. The Morgan fingerprint density at radius 3 is 2.75 bits per heavy atom. The number of nitrogens with one attached hydrogen (secondary N) is 1. The molecule has 124 valence electrons. The lowest BCUT2D eigenvalue weighted by Gasteiger charge is -2.06. The maximum atomic E-state index is 13.7. The molecule has 0 aliphatic heterocycles. The maximum absolute atomic E-state index is 13.7. The number of carbonyl (C=O) groups excluding carboxylic acids is 1. The van der Waals surface area contributed by atoms with Crippen molar-refractivity contribution in [3.05, 3.63) is 68.8 Å². The normalized spacial score (nSPS) is 11.0. The maximum Gasteiger partial charge on any atom is 0.255 e. The topological polar surface area (TPSA) is 46.4 Å². The summed E-state index contributed by atoms with van der Waals surface area (Å²) in [5.41, 5.74) is 1.14. The van der Waals surface area contributed by atoms with Crippen molar-refractivity contribution in [1.82, 2.24) is 14.7 Å². The Bertz CT molecular complexity index is 906. The average Bonchev–Trinajstić information content (AvgIpc) is 2.90. The van der Waals surface area contributed by atoms with Gasteiger partial charge in [0.05, 0.1) is 26.3 Å². The van der Waals surface area contributed by atoms with Gasteiger partial charge < -0.3 is 9.72 Å². The van der Waals surface area contributed by atoms with E-state index in [4.69, 9.17) is 34.8 Å². The van der Waals surface area contributed by atoms with Crippen LogP contribution in [0.15, 0.2) is 36.7 Å². The van der Waals surface area contributed by atoms with Gasteiger partial charge in [-0.15, -0.1) is 0 Å². The highest BCUT2D eigenvalue weighted by Crippen LogP contribution is 2.22. The summed E-state index contributed by atoms with van der Waals surface area (Å²) >= 11 is 17.9. The molecule has 3 rings (SSSR count). The lowest BCUT2D eigenvalue weighted by Crippen LogP contribution is -2.27. The van der Waals surface area contributed by atoms with E-state index < -0.39 is 11.7 Å². The first-order valence-electron chi connectivity index (χ1n) is 7.00. The first-order valence-corrected chi connectivity index (χ1v) is 8.14. The van der Waals surface area contributed by atoms with Crippen molar-refractivity contribution in [2.75, 3.05) is 6.54 Å². The van der Waals surface area contributed by atoms with Crippen molar-refractivity contribution in [2.24, 2.45) is 0 Å². The van der Waals surface area contributed by atoms with Crippen LogP contribution in [0.5, 0.6) is 0 Å². The van der Waals surface area contributed by atoms with E-state index in [9.17, 15) is 9.18 Å². The zero-order valence-corrected chi connectivity index (χ0v) is 14.5. The standard InChI is InChI=1S/C16H11Cl3FN3O/c17-9-6-12(19)15-22-10(8-23(15)7-9)4-5-21-16(24)14-11(18)2-1-3-13(14)20/h1-3,6-8H,4-5H2,(H,21,24). The van der Waals surface area contributed by atoms with Crippen LogP contribution in [0.3, 0.4) is 0 Å². The van der Waals surface area contributed by atoms with Gasteiger partial charge in [-0.25, -0.2) is 9.37 Å². The molecule has 8 heteroatoms. The van der Waals surface area contributed by atoms with E-state index in [-0.39, 0.29) is 17.1 Å². The molecule has 2 heterocycles. The molecule has 0 radical (unpaired) electrons. The third-order valence-corrected chi connectivity index (χ3v) is 4.18. The first-order chi connectivity index (χ1) is 11.5. The highest BCUT2D eigenvalue weighted by molar-refractivity contribution is 6.36. The SMILES string of the molecule is O=C(NCCc1cn2cc(Cl)cc(Cl)c2n1)c1c(F)cccc1Cl. The minimum Gasteiger partial charge on any atom is -0.352 e. The van der Waals surface area contributed by atoms with Crippen LogP contribution in [-0.4, -0.2) is 21.8 Å². The lowest BCUT2D eigenvalue weighted by atomic mass is 10.2. The van der Waals surface area contributed by atoms with Gasteiger partial charge in [-0.1, -0.05) is 40.9 Å². The Balaban J connectivity index is 1.68. The molecule has 0 aliphatic carbocycles.